The van der Waals surface area contributed by atoms with Gasteiger partial charge < -0.3 is 15.5 Å². The number of carbonyl (C=O) groups is 3. The van der Waals surface area contributed by atoms with E-state index >= 15 is 0 Å². The van der Waals surface area contributed by atoms with Crippen LogP contribution >= 0.6 is 22.9 Å². The predicted octanol–water partition coefficient (Wildman–Crippen LogP) is 3.85. The van der Waals surface area contributed by atoms with Gasteiger partial charge in [-0.3, -0.25) is 14.4 Å². The highest BCUT2D eigenvalue weighted by Gasteiger charge is 2.29. The van der Waals surface area contributed by atoms with Crippen molar-refractivity contribution in [2.75, 3.05) is 23.7 Å². The van der Waals surface area contributed by atoms with E-state index in [2.05, 4.69) is 10.6 Å². The van der Waals surface area contributed by atoms with Gasteiger partial charge in [0.05, 0.1) is 21.5 Å². The molecule has 2 aromatic rings. The smallest absolute Gasteiger partial charge is 0.263 e. The molecule has 1 atom stereocenters. The molecule has 0 radical (unpaired) electrons. The van der Waals surface area contributed by atoms with Crippen LogP contribution in [0.4, 0.5) is 11.4 Å². The zero-order chi connectivity index (χ0) is 19.4. The van der Waals surface area contributed by atoms with Crippen molar-refractivity contribution in [1.82, 2.24) is 4.90 Å². The molecule has 1 aromatic carbocycles. The van der Waals surface area contributed by atoms with E-state index in [0.29, 0.717) is 34.4 Å². The first-order valence-corrected chi connectivity index (χ1v) is 9.90. The number of piperidine rings is 1. The molecule has 0 bridgehead atoms. The molecule has 6 nitrogen and oxygen atoms in total. The second-order valence-corrected chi connectivity index (χ2v) is 7.79. The number of thiophene rings is 1. The summed E-state index contributed by atoms with van der Waals surface area (Å²) >= 11 is 7.55. The van der Waals surface area contributed by atoms with Crippen LogP contribution in [-0.2, 0) is 9.59 Å². The Hall–Kier alpha value is -2.38. The lowest BCUT2D eigenvalue weighted by Gasteiger charge is -2.31. The first kappa shape index (κ1) is 19.4. The van der Waals surface area contributed by atoms with E-state index in [0.717, 1.165) is 12.8 Å². The van der Waals surface area contributed by atoms with Crippen LogP contribution in [-0.4, -0.2) is 35.7 Å². The summed E-state index contributed by atoms with van der Waals surface area (Å²) in [5, 5.41) is 7.70. The highest BCUT2D eigenvalue weighted by Crippen LogP contribution is 2.27. The van der Waals surface area contributed by atoms with Crippen LogP contribution in [0.3, 0.4) is 0 Å². The SMILES string of the molecule is CC(=O)Nc1ccc(NC(=O)[C@@H]2CCCN(C(=O)c3cccs3)C2)cc1Cl. The number of amides is 3. The Labute approximate surface area is 166 Å². The predicted molar refractivity (Wildman–Crippen MR) is 107 cm³/mol. The fraction of sp³-hybridized carbons (Fsp3) is 0.316. The van der Waals surface area contributed by atoms with Gasteiger partial charge in [-0.1, -0.05) is 17.7 Å². The second kappa shape index (κ2) is 8.54. The van der Waals surface area contributed by atoms with Gasteiger partial charge in [-0.2, -0.15) is 0 Å². The van der Waals surface area contributed by atoms with Gasteiger partial charge >= 0.3 is 0 Å². The minimum atomic E-state index is -0.267. The van der Waals surface area contributed by atoms with Crippen molar-refractivity contribution < 1.29 is 14.4 Å². The molecule has 0 unspecified atom stereocenters. The molecule has 27 heavy (non-hydrogen) atoms. The molecule has 0 aliphatic carbocycles. The maximum atomic E-state index is 12.6. The lowest BCUT2D eigenvalue weighted by Crippen LogP contribution is -2.43. The maximum absolute atomic E-state index is 12.6. The molecule has 2 heterocycles. The number of carbonyl (C=O) groups excluding carboxylic acids is 3. The third-order valence-corrected chi connectivity index (χ3v) is 5.53. The molecular weight excluding hydrogens is 386 g/mol. The van der Waals surface area contributed by atoms with Crippen LogP contribution in [0.15, 0.2) is 35.7 Å². The average molecular weight is 406 g/mol. The normalized spacial score (nSPS) is 16.7. The van der Waals surface area contributed by atoms with Crippen LogP contribution in [0.25, 0.3) is 0 Å². The third kappa shape index (κ3) is 4.87. The molecule has 1 aromatic heterocycles. The van der Waals surface area contributed by atoms with Gasteiger partial charge in [-0.25, -0.2) is 0 Å². The third-order valence-electron chi connectivity index (χ3n) is 4.36. The monoisotopic (exact) mass is 405 g/mol. The number of nitrogens with zero attached hydrogens (tertiary/aromatic N) is 1. The zero-order valence-corrected chi connectivity index (χ0v) is 16.4. The van der Waals surface area contributed by atoms with Gasteiger partial charge in [0.1, 0.15) is 0 Å². The van der Waals surface area contributed by atoms with Crippen molar-refractivity contribution in [3.63, 3.8) is 0 Å². The van der Waals surface area contributed by atoms with Crippen molar-refractivity contribution in [1.29, 1.82) is 0 Å². The Bertz CT molecular complexity index is 854. The number of hydrogen-bond acceptors (Lipinski definition) is 4. The average Bonchev–Trinajstić information content (AvgIpc) is 3.18. The summed E-state index contributed by atoms with van der Waals surface area (Å²) in [4.78, 5) is 38.7. The van der Waals surface area contributed by atoms with E-state index in [-0.39, 0.29) is 23.6 Å². The molecule has 3 amide bonds. The summed E-state index contributed by atoms with van der Waals surface area (Å²) in [7, 11) is 0. The summed E-state index contributed by atoms with van der Waals surface area (Å²) in [6, 6.07) is 8.58. The van der Waals surface area contributed by atoms with Crippen molar-refractivity contribution in [3.8, 4) is 0 Å². The highest BCUT2D eigenvalue weighted by molar-refractivity contribution is 7.12. The lowest BCUT2D eigenvalue weighted by atomic mass is 9.97. The van der Waals surface area contributed by atoms with E-state index in [1.165, 1.54) is 18.3 Å². The fourth-order valence-electron chi connectivity index (χ4n) is 3.06. The van der Waals surface area contributed by atoms with Crippen LogP contribution in [0.2, 0.25) is 5.02 Å². The fourth-order valence-corrected chi connectivity index (χ4v) is 3.98. The molecule has 8 heteroatoms. The van der Waals surface area contributed by atoms with Crippen LogP contribution in [0.1, 0.15) is 29.4 Å². The van der Waals surface area contributed by atoms with Gasteiger partial charge in [-0.05, 0) is 42.5 Å². The van der Waals surface area contributed by atoms with E-state index in [4.69, 9.17) is 11.6 Å². The topological polar surface area (TPSA) is 78.5 Å². The molecule has 0 spiro atoms. The van der Waals surface area contributed by atoms with Crippen molar-refractivity contribution in [2.45, 2.75) is 19.8 Å². The zero-order valence-electron chi connectivity index (χ0n) is 14.8. The molecule has 1 fully saturated rings. The molecule has 1 aliphatic rings. The number of anilines is 2. The molecule has 1 aliphatic heterocycles. The molecule has 0 saturated carbocycles. The van der Waals surface area contributed by atoms with E-state index in [1.807, 2.05) is 11.4 Å². The van der Waals surface area contributed by atoms with Crippen LogP contribution in [0, 0.1) is 5.92 Å². The van der Waals surface area contributed by atoms with E-state index < -0.39 is 0 Å². The Balaban J connectivity index is 1.63. The van der Waals surface area contributed by atoms with E-state index in [1.54, 1.807) is 29.2 Å². The lowest BCUT2D eigenvalue weighted by molar-refractivity contribution is -0.121. The second-order valence-electron chi connectivity index (χ2n) is 6.43. The number of nitrogens with one attached hydrogen (secondary N) is 2. The Morgan fingerprint density at radius 2 is 2.04 bits per heavy atom. The standard InChI is InChI=1S/C19H20ClN3O3S/c1-12(24)21-16-7-6-14(10-15(16)20)22-18(25)13-4-2-8-23(11-13)19(26)17-5-3-9-27-17/h3,5-7,9-10,13H,2,4,8,11H2,1H3,(H,21,24)(H,22,25)/t13-/m1/s1. The summed E-state index contributed by atoms with van der Waals surface area (Å²) in [5.41, 5.74) is 1.05. The first-order valence-electron chi connectivity index (χ1n) is 8.65. The van der Waals surface area contributed by atoms with Gasteiger partial charge in [-0.15, -0.1) is 11.3 Å². The Morgan fingerprint density at radius 3 is 2.70 bits per heavy atom. The van der Waals surface area contributed by atoms with Crippen LogP contribution < -0.4 is 10.6 Å². The number of benzene rings is 1. The van der Waals surface area contributed by atoms with Crippen molar-refractivity contribution in [3.05, 3.63) is 45.6 Å². The van der Waals surface area contributed by atoms with Crippen molar-refractivity contribution in [2.24, 2.45) is 5.92 Å². The molecular formula is C19H20ClN3O3S. The summed E-state index contributed by atoms with van der Waals surface area (Å²) in [6.45, 7) is 2.47. The Kier molecular flexibility index (Phi) is 6.13. The number of halogens is 1. The summed E-state index contributed by atoms with van der Waals surface area (Å²) in [6.07, 6.45) is 1.52. The minimum absolute atomic E-state index is 0.0230. The minimum Gasteiger partial charge on any atom is -0.337 e. The maximum Gasteiger partial charge on any atom is 0.263 e. The van der Waals surface area contributed by atoms with Crippen LogP contribution in [0.5, 0.6) is 0 Å². The number of hydrogen-bond donors (Lipinski definition) is 2. The number of rotatable bonds is 4. The molecule has 1 saturated heterocycles. The molecule has 142 valence electrons. The highest BCUT2D eigenvalue weighted by atomic mass is 35.5. The molecule has 2 N–H and O–H groups in total. The summed E-state index contributed by atoms with van der Waals surface area (Å²) < 4.78 is 0. The number of likely N-dealkylation sites (tertiary alicyclic amines) is 1. The first-order chi connectivity index (χ1) is 12.9. The van der Waals surface area contributed by atoms with Gasteiger partial charge in [0.15, 0.2) is 0 Å². The van der Waals surface area contributed by atoms with E-state index in [9.17, 15) is 14.4 Å². The van der Waals surface area contributed by atoms with Gasteiger partial charge in [0, 0.05) is 25.7 Å². The van der Waals surface area contributed by atoms with Gasteiger partial charge in [0.25, 0.3) is 5.91 Å². The van der Waals surface area contributed by atoms with Crippen molar-refractivity contribution >= 4 is 52.0 Å². The Morgan fingerprint density at radius 1 is 1.22 bits per heavy atom. The largest absolute Gasteiger partial charge is 0.337 e. The van der Waals surface area contributed by atoms with Gasteiger partial charge in [0.2, 0.25) is 11.8 Å². The molecule has 3 rings (SSSR count). The summed E-state index contributed by atoms with van der Waals surface area (Å²) in [5.74, 6) is -0.643. The quantitative estimate of drug-likeness (QED) is 0.810.